The van der Waals surface area contributed by atoms with E-state index in [1.807, 2.05) is 0 Å². The normalized spacial score (nSPS) is 27.7. The van der Waals surface area contributed by atoms with Crippen LogP contribution in [0, 0.1) is 5.92 Å². The summed E-state index contributed by atoms with van der Waals surface area (Å²) >= 11 is 0. The van der Waals surface area contributed by atoms with Crippen molar-refractivity contribution in [3.8, 4) is 0 Å². The van der Waals surface area contributed by atoms with Gasteiger partial charge in [0.05, 0.1) is 25.2 Å². The highest BCUT2D eigenvalue weighted by molar-refractivity contribution is 5.73. The molecule has 3 atom stereocenters. The summed E-state index contributed by atoms with van der Waals surface area (Å²) in [7, 11) is 1.31. The van der Waals surface area contributed by atoms with Crippen molar-refractivity contribution in [3.63, 3.8) is 0 Å². The lowest BCUT2D eigenvalue weighted by Gasteiger charge is -2.22. The topological polar surface area (TPSA) is 84.9 Å². The molecule has 1 fully saturated rings. The Hall–Kier alpha value is -1.30. The van der Waals surface area contributed by atoms with Crippen molar-refractivity contribution in [3.05, 3.63) is 0 Å². The van der Waals surface area contributed by atoms with Crippen molar-refractivity contribution in [2.24, 2.45) is 5.92 Å². The smallest absolute Gasteiger partial charge is 0.407 e. The fourth-order valence-corrected chi connectivity index (χ4v) is 1.99. The van der Waals surface area contributed by atoms with Crippen molar-refractivity contribution >= 4 is 12.1 Å². The Morgan fingerprint density at radius 1 is 1.28 bits per heavy atom. The molecule has 1 amide bonds. The van der Waals surface area contributed by atoms with Gasteiger partial charge in [-0.15, -0.1) is 0 Å². The fraction of sp³-hybridized carbons (Fsp3) is 0.833. The standard InChI is InChI=1S/C12H21NO5/c1-12(2,3)18-11(16)13-8-5-7(6-9(8)14)10(15)17-4/h7-9,14H,5-6H2,1-4H3,(H,13,16)/t7-,8+,9+/m0/s1. The lowest BCUT2D eigenvalue weighted by molar-refractivity contribution is -0.145. The van der Waals surface area contributed by atoms with E-state index in [4.69, 9.17) is 4.74 Å². The van der Waals surface area contributed by atoms with E-state index in [1.165, 1.54) is 7.11 Å². The van der Waals surface area contributed by atoms with E-state index in [-0.39, 0.29) is 11.9 Å². The Labute approximate surface area is 107 Å². The monoisotopic (exact) mass is 259 g/mol. The number of methoxy groups -OCH3 is 1. The molecule has 1 aliphatic carbocycles. The van der Waals surface area contributed by atoms with Gasteiger partial charge in [-0.05, 0) is 33.6 Å². The number of aliphatic hydroxyl groups is 1. The third-order valence-electron chi connectivity index (χ3n) is 2.77. The molecule has 0 aromatic heterocycles. The highest BCUT2D eigenvalue weighted by atomic mass is 16.6. The summed E-state index contributed by atoms with van der Waals surface area (Å²) < 4.78 is 9.72. The van der Waals surface area contributed by atoms with E-state index in [9.17, 15) is 14.7 Å². The number of nitrogens with one attached hydrogen (secondary N) is 1. The number of rotatable bonds is 2. The van der Waals surface area contributed by atoms with Crippen LogP contribution in [0.25, 0.3) is 0 Å². The zero-order chi connectivity index (χ0) is 13.9. The molecule has 0 unspecified atom stereocenters. The van der Waals surface area contributed by atoms with E-state index >= 15 is 0 Å². The first-order valence-corrected chi connectivity index (χ1v) is 5.98. The Bertz CT molecular complexity index is 323. The van der Waals surface area contributed by atoms with Crippen LogP contribution in [-0.2, 0) is 14.3 Å². The quantitative estimate of drug-likeness (QED) is 0.717. The first kappa shape index (κ1) is 14.8. The Kier molecular flexibility index (Phi) is 4.56. The molecule has 6 nitrogen and oxygen atoms in total. The van der Waals surface area contributed by atoms with Crippen molar-refractivity contribution < 1.29 is 24.2 Å². The molecular weight excluding hydrogens is 238 g/mol. The van der Waals surface area contributed by atoms with Crippen molar-refractivity contribution in [1.82, 2.24) is 5.32 Å². The van der Waals surface area contributed by atoms with Crippen LogP contribution in [0.4, 0.5) is 4.79 Å². The highest BCUT2D eigenvalue weighted by Crippen LogP contribution is 2.27. The molecule has 0 radical (unpaired) electrons. The Morgan fingerprint density at radius 3 is 2.39 bits per heavy atom. The van der Waals surface area contributed by atoms with E-state index in [0.29, 0.717) is 12.8 Å². The van der Waals surface area contributed by atoms with Gasteiger partial charge in [-0.2, -0.15) is 0 Å². The minimum Gasteiger partial charge on any atom is -0.469 e. The third kappa shape index (κ3) is 4.18. The van der Waals surface area contributed by atoms with Crippen LogP contribution in [0.15, 0.2) is 0 Å². The molecule has 0 aromatic carbocycles. The van der Waals surface area contributed by atoms with E-state index in [2.05, 4.69) is 10.1 Å². The molecule has 0 spiro atoms. The first-order valence-electron chi connectivity index (χ1n) is 5.98. The predicted octanol–water partition coefficient (Wildman–Crippen LogP) is 0.824. The maximum Gasteiger partial charge on any atom is 0.407 e. The molecule has 0 heterocycles. The van der Waals surface area contributed by atoms with Gasteiger partial charge in [0, 0.05) is 0 Å². The molecule has 1 rings (SSSR count). The Morgan fingerprint density at radius 2 is 1.89 bits per heavy atom. The predicted molar refractivity (Wildman–Crippen MR) is 63.9 cm³/mol. The van der Waals surface area contributed by atoms with Crippen LogP contribution >= 0.6 is 0 Å². The van der Waals surface area contributed by atoms with Gasteiger partial charge in [-0.3, -0.25) is 4.79 Å². The maximum absolute atomic E-state index is 11.5. The van der Waals surface area contributed by atoms with Crippen LogP contribution in [0.5, 0.6) is 0 Å². The Balaban J connectivity index is 2.49. The van der Waals surface area contributed by atoms with Crippen LogP contribution < -0.4 is 5.32 Å². The number of carbonyl (C=O) groups is 2. The van der Waals surface area contributed by atoms with Crippen LogP contribution in [-0.4, -0.2) is 42.0 Å². The highest BCUT2D eigenvalue weighted by Gasteiger charge is 2.38. The minimum atomic E-state index is -0.749. The molecule has 0 aliphatic heterocycles. The second-order valence-electron chi connectivity index (χ2n) is 5.51. The number of ether oxygens (including phenoxy) is 2. The van der Waals surface area contributed by atoms with E-state index < -0.39 is 23.8 Å². The van der Waals surface area contributed by atoms with Gasteiger partial charge in [0.15, 0.2) is 0 Å². The van der Waals surface area contributed by atoms with E-state index in [0.717, 1.165) is 0 Å². The second-order valence-corrected chi connectivity index (χ2v) is 5.51. The average Bonchev–Trinajstić information content (AvgIpc) is 2.56. The van der Waals surface area contributed by atoms with Gasteiger partial charge >= 0.3 is 12.1 Å². The SMILES string of the molecule is COC(=O)[C@@H]1C[C@@H](O)[C@H](NC(=O)OC(C)(C)C)C1. The first-order chi connectivity index (χ1) is 8.23. The fourth-order valence-electron chi connectivity index (χ4n) is 1.99. The lowest BCUT2D eigenvalue weighted by Crippen LogP contribution is -2.42. The molecule has 104 valence electrons. The average molecular weight is 259 g/mol. The summed E-state index contributed by atoms with van der Waals surface area (Å²) in [4.78, 5) is 22.9. The van der Waals surface area contributed by atoms with Gasteiger partial charge in [-0.25, -0.2) is 4.79 Å². The maximum atomic E-state index is 11.5. The lowest BCUT2D eigenvalue weighted by atomic mass is 10.1. The van der Waals surface area contributed by atoms with Gasteiger partial charge in [0.2, 0.25) is 0 Å². The summed E-state index contributed by atoms with van der Waals surface area (Å²) in [6, 6.07) is -0.469. The van der Waals surface area contributed by atoms with E-state index in [1.54, 1.807) is 20.8 Å². The molecule has 1 aliphatic rings. The number of hydrogen-bond acceptors (Lipinski definition) is 5. The molecule has 0 saturated heterocycles. The molecule has 2 N–H and O–H groups in total. The summed E-state index contributed by atoms with van der Waals surface area (Å²) in [5.41, 5.74) is -0.588. The van der Waals surface area contributed by atoms with Crippen molar-refractivity contribution in [2.75, 3.05) is 7.11 Å². The van der Waals surface area contributed by atoms with Crippen LogP contribution in [0.2, 0.25) is 0 Å². The zero-order valence-corrected chi connectivity index (χ0v) is 11.2. The molecular formula is C12H21NO5. The van der Waals surface area contributed by atoms with Gasteiger partial charge in [-0.1, -0.05) is 0 Å². The number of carbonyl (C=O) groups excluding carboxylic acids is 2. The molecule has 18 heavy (non-hydrogen) atoms. The molecule has 6 heteroatoms. The number of amides is 1. The van der Waals surface area contributed by atoms with Crippen LogP contribution in [0.3, 0.4) is 0 Å². The molecule has 0 aromatic rings. The number of aliphatic hydroxyl groups excluding tert-OH is 1. The zero-order valence-electron chi connectivity index (χ0n) is 11.2. The molecule has 0 bridgehead atoms. The molecule has 1 saturated carbocycles. The van der Waals surface area contributed by atoms with Crippen LogP contribution in [0.1, 0.15) is 33.6 Å². The van der Waals surface area contributed by atoms with Crippen molar-refractivity contribution in [2.45, 2.75) is 51.4 Å². The van der Waals surface area contributed by atoms with Crippen molar-refractivity contribution in [1.29, 1.82) is 0 Å². The summed E-state index contributed by atoms with van der Waals surface area (Å²) in [6.07, 6.45) is -0.668. The van der Waals surface area contributed by atoms with Gasteiger partial charge in [0.1, 0.15) is 5.60 Å². The summed E-state index contributed by atoms with van der Waals surface area (Å²) in [6.45, 7) is 5.28. The van der Waals surface area contributed by atoms with Gasteiger partial charge < -0.3 is 19.9 Å². The minimum absolute atomic E-state index is 0.299. The third-order valence-corrected chi connectivity index (χ3v) is 2.77. The number of esters is 1. The van der Waals surface area contributed by atoms with Gasteiger partial charge in [0.25, 0.3) is 0 Å². The number of hydrogen-bond donors (Lipinski definition) is 2. The summed E-state index contributed by atoms with van der Waals surface area (Å²) in [5, 5.41) is 12.3. The largest absolute Gasteiger partial charge is 0.469 e. The second kappa shape index (κ2) is 5.56. The number of alkyl carbamates (subject to hydrolysis) is 1. The summed E-state index contributed by atoms with van der Waals surface area (Å²) in [5.74, 6) is -0.729.